The van der Waals surface area contributed by atoms with Crippen molar-refractivity contribution >= 4 is 29.3 Å². The Morgan fingerprint density at radius 1 is 1.00 bits per heavy atom. The van der Waals surface area contributed by atoms with Gasteiger partial charge in [-0.1, -0.05) is 18.2 Å². The first-order chi connectivity index (χ1) is 16.4. The molecule has 0 aliphatic rings. The lowest BCUT2D eigenvalue weighted by Crippen LogP contribution is -2.20. The molecule has 0 saturated heterocycles. The molecule has 5 N–H and O–H groups in total. The number of ketones is 1. The lowest BCUT2D eigenvalue weighted by molar-refractivity contribution is -0.115. The second-order valence-corrected chi connectivity index (χ2v) is 7.18. The fraction of sp³-hybridized carbons (Fsp3) is 0.160. The molecule has 2 aromatic carbocycles. The summed E-state index contributed by atoms with van der Waals surface area (Å²) in [5.41, 5.74) is 13.9. The molecule has 0 radical (unpaired) electrons. The number of nitrogens with two attached hydrogens (primary N) is 2. The largest absolute Gasteiger partial charge is 0.493 e. The predicted molar refractivity (Wildman–Crippen MR) is 130 cm³/mol. The summed E-state index contributed by atoms with van der Waals surface area (Å²) in [7, 11) is 4.55. The maximum absolute atomic E-state index is 12.6. The van der Waals surface area contributed by atoms with Crippen LogP contribution in [0.3, 0.4) is 0 Å². The molecule has 9 nitrogen and oxygen atoms in total. The zero-order valence-corrected chi connectivity index (χ0v) is 19.1. The van der Waals surface area contributed by atoms with E-state index >= 15 is 0 Å². The second-order valence-electron chi connectivity index (χ2n) is 7.18. The summed E-state index contributed by atoms with van der Waals surface area (Å²) >= 11 is 0. The Kier molecular flexibility index (Phi) is 7.83. The van der Waals surface area contributed by atoms with E-state index in [2.05, 4.69) is 10.3 Å². The number of amides is 1. The van der Waals surface area contributed by atoms with Crippen molar-refractivity contribution in [1.82, 2.24) is 4.98 Å². The van der Waals surface area contributed by atoms with Crippen LogP contribution in [0.25, 0.3) is 6.08 Å². The molecule has 34 heavy (non-hydrogen) atoms. The van der Waals surface area contributed by atoms with Crippen LogP contribution in [-0.4, -0.2) is 38.0 Å². The average Bonchev–Trinajstić information content (AvgIpc) is 2.87. The van der Waals surface area contributed by atoms with Crippen molar-refractivity contribution in [3.8, 4) is 17.2 Å². The van der Waals surface area contributed by atoms with Crippen LogP contribution < -0.4 is 31.0 Å². The molecule has 176 valence electrons. The van der Waals surface area contributed by atoms with Crippen LogP contribution >= 0.6 is 0 Å². The summed E-state index contributed by atoms with van der Waals surface area (Å²) in [4.78, 5) is 29.0. The standard InChI is InChI=1S/C25H26N4O5/c1-32-20-13-15(14-21(33-2)23(20)34-3)6-11-19(30)22(26)16-7-9-17(10-8-16)25(31)29-18-5-4-12-28-24(18)27/h4-14,22H,26H2,1-3H3,(H2,27,28)(H,29,31). The number of anilines is 2. The van der Waals surface area contributed by atoms with E-state index in [1.54, 1.807) is 54.6 Å². The van der Waals surface area contributed by atoms with Gasteiger partial charge in [-0.15, -0.1) is 0 Å². The van der Waals surface area contributed by atoms with Gasteiger partial charge in [0.15, 0.2) is 17.3 Å². The molecule has 1 amide bonds. The Labute approximate surface area is 197 Å². The quantitative estimate of drug-likeness (QED) is 0.412. The van der Waals surface area contributed by atoms with Crippen LogP contribution in [0.1, 0.15) is 27.5 Å². The van der Waals surface area contributed by atoms with Crippen molar-refractivity contribution in [2.45, 2.75) is 6.04 Å². The van der Waals surface area contributed by atoms with Crippen LogP contribution in [-0.2, 0) is 4.79 Å². The van der Waals surface area contributed by atoms with E-state index in [0.717, 1.165) is 0 Å². The van der Waals surface area contributed by atoms with Crippen molar-refractivity contribution in [1.29, 1.82) is 0 Å². The highest BCUT2D eigenvalue weighted by molar-refractivity contribution is 6.05. The number of methoxy groups -OCH3 is 3. The number of aromatic nitrogens is 1. The van der Waals surface area contributed by atoms with Crippen molar-refractivity contribution < 1.29 is 23.8 Å². The monoisotopic (exact) mass is 462 g/mol. The predicted octanol–water partition coefficient (Wildman–Crippen LogP) is 3.22. The Balaban J connectivity index is 1.70. The van der Waals surface area contributed by atoms with E-state index in [9.17, 15) is 9.59 Å². The van der Waals surface area contributed by atoms with Gasteiger partial charge in [0, 0.05) is 11.8 Å². The molecule has 1 heterocycles. The zero-order valence-electron chi connectivity index (χ0n) is 19.1. The third kappa shape index (κ3) is 5.51. The summed E-state index contributed by atoms with van der Waals surface area (Å²) in [5.74, 6) is 0.960. The molecule has 0 spiro atoms. The number of nitrogens with zero attached hydrogens (tertiary/aromatic N) is 1. The normalized spacial score (nSPS) is 11.6. The summed E-state index contributed by atoms with van der Waals surface area (Å²) in [6, 6.07) is 12.3. The van der Waals surface area contributed by atoms with Gasteiger partial charge in [0.25, 0.3) is 5.91 Å². The number of nitrogens with one attached hydrogen (secondary N) is 1. The van der Waals surface area contributed by atoms with Gasteiger partial charge in [-0.05, 0) is 53.6 Å². The van der Waals surface area contributed by atoms with Gasteiger partial charge in [0.05, 0.1) is 33.1 Å². The van der Waals surface area contributed by atoms with Gasteiger partial charge in [0.2, 0.25) is 5.75 Å². The molecule has 0 saturated carbocycles. The maximum atomic E-state index is 12.6. The minimum absolute atomic E-state index is 0.221. The molecule has 0 aliphatic heterocycles. The Morgan fingerprint density at radius 2 is 1.65 bits per heavy atom. The second kappa shape index (κ2) is 11.0. The van der Waals surface area contributed by atoms with Crippen LogP contribution in [0.2, 0.25) is 0 Å². The third-order valence-electron chi connectivity index (χ3n) is 5.05. The number of ether oxygens (including phenoxy) is 3. The van der Waals surface area contributed by atoms with Gasteiger partial charge in [-0.25, -0.2) is 4.98 Å². The fourth-order valence-corrected chi connectivity index (χ4v) is 3.20. The van der Waals surface area contributed by atoms with Crippen LogP contribution in [0.5, 0.6) is 17.2 Å². The molecule has 9 heteroatoms. The molecule has 1 atom stereocenters. The Hall–Kier alpha value is -4.37. The van der Waals surface area contributed by atoms with Gasteiger partial charge >= 0.3 is 0 Å². The van der Waals surface area contributed by atoms with Crippen molar-refractivity contribution in [3.63, 3.8) is 0 Å². The molecule has 3 rings (SSSR count). The van der Waals surface area contributed by atoms with E-state index in [1.165, 1.54) is 33.6 Å². The van der Waals surface area contributed by atoms with E-state index < -0.39 is 6.04 Å². The lowest BCUT2D eigenvalue weighted by Gasteiger charge is -2.13. The number of pyridine rings is 1. The SMILES string of the molecule is COc1cc(C=CC(=O)C(N)c2ccc(C(=O)Nc3cccnc3N)cc2)cc(OC)c1OC. The van der Waals surface area contributed by atoms with Crippen molar-refractivity contribution in [2.24, 2.45) is 5.73 Å². The highest BCUT2D eigenvalue weighted by Gasteiger charge is 2.16. The molecule has 0 bridgehead atoms. The molecular formula is C25H26N4O5. The zero-order chi connectivity index (χ0) is 24.7. The summed E-state index contributed by atoms with van der Waals surface area (Å²) in [5, 5.41) is 2.70. The third-order valence-corrected chi connectivity index (χ3v) is 5.05. The highest BCUT2D eigenvalue weighted by Crippen LogP contribution is 2.38. The minimum Gasteiger partial charge on any atom is -0.493 e. The van der Waals surface area contributed by atoms with E-state index in [1.807, 2.05) is 0 Å². The van der Waals surface area contributed by atoms with Gasteiger partial charge in [-0.3, -0.25) is 9.59 Å². The number of benzene rings is 2. The Morgan fingerprint density at radius 3 is 2.21 bits per heavy atom. The first-order valence-corrected chi connectivity index (χ1v) is 10.3. The first-order valence-electron chi connectivity index (χ1n) is 10.3. The molecule has 1 unspecified atom stereocenters. The fourth-order valence-electron chi connectivity index (χ4n) is 3.20. The molecule has 1 aromatic heterocycles. The Bertz CT molecular complexity index is 1180. The molecule has 0 aliphatic carbocycles. The maximum Gasteiger partial charge on any atom is 0.255 e. The molecule has 3 aromatic rings. The lowest BCUT2D eigenvalue weighted by atomic mass is 10.0. The van der Waals surface area contributed by atoms with E-state index in [4.69, 9.17) is 25.7 Å². The number of hydrogen-bond acceptors (Lipinski definition) is 8. The summed E-state index contributed by atoms with van der Waals surface area (Å²) < 4.78 is 16.0. The number of rotatable bonds is 9. The van der Waals surface area contributed by atoms with Crippen LogP contribution in [0, 0.1) is 0 Å². The number of carbonyl (C=O) groups is 2. The molecular weight excluding hydrogens is 436 g/mol. The van der Waals surface area contributed by atoms with Gasteiger partial charge < -0.3 is 31.0 Å². The smallest absolute Gasteiger partial charge is 0.255 e. The summed E-state index contributed by atoms with van der Waals surface area (Å²) in [6.07, 6.45) is 4.54. The highest BCUT2D eigenvalue weighted by atomic mass is 16.5. The van der Waals surface area contributed by atoms with Gasteiger partial charge in [-0.2, -0.15) is 0 Å². The van der Waals surface area contributed by atoms with E-state index in [0.29, 0.717) is 39.6 Å². The average molecular weight is 463 g/mol. The number of hydrogen-bond donors (Lipinski definition) is 3. The number of nitrogen functional groups attached to an aromatic ring is 1. The first kappa shape index (κ1) is 24.3. The van der Waals surface area contributed by atoms with Crippen LogP contribution in [0.15, 0.2) is 60.8 Å². The van der Waals surface area contributed by atoms with Gasteiger partial charge in [0.1, 0.15) is 5.82 Å². The number of carbonyl (C=O) groups excluding carboxylic acids is 2. The molecule has 0 fully saturated rings. The van der Waals surface area contributed by atoms with Crippen LogP contribution in [0.4, 0.5) is 11.5 Å². The summed E-state index contributed by atoms with van der Waals surface area (Å²) in [6.45, 7) is 0. The minimum atomic E-state index is -0.899. The van der Waals surface area contributed by atoms with Crippen molar-refractivity contribution in [3.05, 3.63) is 77.5 Å². The topological polar surface area (TPSA) is 139 Å². The van der Waals surface area contributed by atoms with E-state index in [-0.39, 0.29) is 17.5 Å². The van der Waals surface area contributed by atoms with Crippen molar-refractivity contribution in [2.75, 3.05) is 32.4 Å².